The van der Waals surface area contributed by atoms with E-state index in [1.165, 1.54) is 25.5 Å². The van der Waals surface area contributed by atoms with Gasteiger partial charge in [0.05, 0.1) is 19.9 Å². The van der Waals surface area contributed by atoms with Crippen LogP contribution in [0.4, 0.5) is 5.82 Å². The van der Waals surface area contributed by atoms with Crippen molar-refractivity contribution < 1.29 is 14.6 Å². The number of hydrazone groups is 1. The molecule has 0 aliphatic rings. The Kier molecular flexibility index (Phi) is 5.28. The number of nitrogens with zero attached hydrogens (tertiary/aromatic N) is 2. The quantitative estimate of drug-likeness (QED) is 0.325. The molecule has 1 aromatic heterocycles. The first kappa shape index (κ1) is 16.7. The molecule has 1 aromatic carbocycles. The number of carbonyl (C=O) groups is 1. The van der Waals surface area contributed by atoms with Crippen molar-refractivity contribution in [1.29, 1.82) is 0 Å². The van der Waals surface area contributed by atoms with Crippen molar-refractivity contribution in [3.63, 3.8) is 0 Å². The summed E-state index contributed by atoms with van der Waals surface area (Å²) in [6.07, 6.45) is 1.35. The second-order valence-electron chi connectivity index (χ2n) is 4.43. The molecule has 5 N–H and O–H groups in total. The van der Waals surface area contributed by atoms with E-state index < -0.39 is 17.2 Å². The van der Waals surface area contributed by atoms with Gasteiger partial charge in [-0.3, -0.25) is 14.6 Å². The lowest BCUT2D eigenvalue weighted by molar-refractivity contribution is -0.119. The predicted octanol–water partition coefficient (Wildman–Crippen LogP) is -1.27. The van der Waals surface area contributed by atoms with Gasteiger partial charge in [0.1, 0.15) is 0 Å². The van der Waals surface area contributed by atoms with Gasteiger partial charge in [-0.05, 0) is 23.8 Å². The Morgan fingerprint density at radius 3 is 2.96 bits per heavy atom. The van der Waals surface area contributed by atoms with Crippen LogP contribution in [0.5, 0.6) is 11.5 Å². The van der Waals surface area contributed by atoms with E-state index >= 15 is 0 Å². The number of aromatic amines is 2. The van der Waals surface area contributed by atoms with Crippen molar-refractivity contribution in [2.45, 2.75) is 0 Å². The van der Waals surface area contributed by atoms with Gasteiger partial charge in [0.15, 0.2) is 11.5 Å². The van der Waals surface area contributed by atoms with Crippen LogP contribution in [0.2, 0.25) is 0 Å². The first-order chi connectivity index (χ1) is 11.5. The highest BCUT2D eigenvalue weighted by molar-refractivity contribution is 5.84. The number of methoxy groups -OCH3 is 1. The number of amides is 1. The van der Waals surface area contributed by atoms with Crippen LogP contribution >= 0.6 is 0 Å². The zero-order valence-corrected chi connectivity index (χ0v) is 12.5. The molecule has 0 radical (unpaired) electrons. The van der Waals surface area contributed by atoms with Gasteiger partial charge in [0.2, 0.25) is 5.82 Å². The average molecular weight is 334 g/mol. The molecule has 0 aliphatic heterocycles. The van der Waals surface area contributed by atoms with E-state index in [4.69, 9.17) is 4.74 Å². The van der Waals surface area contributed by atoms with Crippen LogP contribution in [0.15, 0.2) is 32.9 Å². The lowest BCUT2D eigenvalue weighted by Gasteiger charge is -2.04. The van der Waals surface area contributed by atoms with Gasteiger partial charge in [-0.1, -0.05) is 0 Å². The maximum atomic E-state index is 11.6. The number of ether oxygens (including phenoxy) is 1. The standard InChI is InChI=1S/C13H14N6O5/c1-24-9-4-7(2-3-8(9)20)5-15-17-10(21)6-14-11-12(22)16-13(23)19-18-11/h2-5,20H,6H2,1H3,(H,14,18)(H,17,21)(H2,16,19,22,23)/b15-5+. The maximum absolute atomic E-state index is 11.6. The van der Waals surface area contributed by atoms with E-state index in [-0.39, 0.29) is 23.9 Å². The molecule has 0 spiro atoms. The lowest BCUT2D eigenvalue weighted by atomic mass is 10.2. The molecule has 0 fully saturated rings. The fraction of sp³-hybridized carbons (Fsp3) is 0.154. The minimum Gasteiger partial charge on any atom is -0.504 e. The minimum atomic E-state index is -0.746. The van der Waals surface area contributed by atoms with E-state index in [2.05, 4.69) is 20.9 Å². The van der Waals surface area contributed by atoms with Crippen LogP contribution in [0.25, 0.3) is 0 Å². The maximum Gasteiger partial charge on any atom is 0.342 e. The summed E-state index contributed by atoms with van der Waals surface area (Å²) in [5.41, 5.74) is 1.34. The van der Waals surface area contributed by atoms with Crippen molar-refractivity contribution in [1.82, 2.24) is 20.6 Å². The van der Waals surface area contributed by atoms with E-state index in [0.29, 0.717) is 5.56 Å². The summed E-state index contributed by atoms with van der Waals surface area (Å²) in [6.45, 7) is -0.279. The highest BCUT2D eigenvalue weighted by atomic mass is 16.5. The van der Waals surface area contributed by atoms with Gasteiger partial charge in [0, 0.05) is 0 Å². The van der Waals surface area contributed by atoms with Crippen molar-refractivity contribution in [2.24, 2.45) is 5.10 Å². The second kappa shape index (κ2) is 7.58. The Morgan fingerprint density at radius 1 is 1.46 bits per heavy atom. The molecule has 11 heteroatoms. The summed E-state index contributed by atoms with van der Waals surface area (Å²) in [5, 5.41) is 21.1. The van der Waals surface area contributed by atoms with Crippen molar-refractivity contribution in [2.75, 3.05) is 19.0 Å². The Labute approximate surface area is 134 Å². The summed E-state index contributed by atoms with van der Waals surface area (Å²) in [5.74, 6) is -0.474. The summed E-state index contributed by atoms with van der Waals surface area (Å²) in [7, 11) is 1.41. The number of aromatic hydroxyl groups is 1. The van der Waals surface area contributed by atoms with Crippen molar-refractivity contribution in [3.05, 3.63) is 44.6 Å². The predicted molar refractivity (Wildman–Crippen MR) is 84.4 cm³/mol. The number of nitrogens with one attached hydrogen (secondary N) is 4. The summed E-state index contributed by atoms with van der Waals surface area (Å²) in [4.78, 5) is 35.7. The Hall–Kier alpha value is -3.63. The first-order valence-electron chi connectivity index (χ1n) is 6.61. The van der Waals surface area contributed by atoms with Crippen LogP contribution in [0.3, 0.4) is 0 Å². The molecule has 0 aliphatic carbocycles. The zero-order chi connectivity index (χ0) is 17.5. The van der Waals surface area contributed by atoms with Gasteiger partial charge in [-0.15, -0.1) is 5.10 Å². The number of hydrogen-bond donors (Lipinski definition) is 5. The topological polar surface area (TPSA) is 162 Å². The fourth-order valence-corrected chi connectivity index (χ4v) is 1.62. The SMILES string of the molecule is COc1cc(/C=N/NC(=O)CNc2n[nH]c(=O)[nH]c2=O)ccc1O. The number of phenols is 1. The Morgan fingerprint density at radius 2 is 2.25 bits per heavy atom. The molecule has 11 nitrogen and oxygen atoms in total. The van der Waals surface area contributed by atoms with Crippen molar-refractivity contribution >= 4 is 17.9 Å². The smallest absolute Gasteiger partial charge is 0.342 e. The van der Waals surface area contributed by atoms with Crippen LogP contribution in [-0.2, 0) is 4.79 Å². The van der Waals surface area contributed by atoms with E-state index in [9.17, 15) is 19.5 Å². The number of H-pyrrole nitrogens is 2. The number of aromatic nitrogens is 3. The zero-order valence-electron chi connectivity index (χ0n) is 12.5. The van der Waals surface area contributed by atoms with E-state index in [1.807, 2.05) is 10.1 Å². The van der Waals surface area contributed by atoms with Crippen molar-refractivity contribution in [3.8, 4) is 11.5 Å². The van der Waals surface area contributed by atoms with E-state index in [0.717, 1.165) is 0 Å². The lowest BCUT2D eigenvalue weighted by Crippen LogP contribution is -2.31. The number of hydrogen-bond acceptors (Lipinski definition) is 8. The van der Waals surface area contributed by atoms with Gasteiger partial charge in [0.25, 0.3) is 11.5 Å². The molecule has 1 heterocycles. The monoisotopic (exact) mass is 334 g/mol. The van der Waals surface area contributed by atoms with Gasteiger partial charge in [-0.25, -0.2) is 15.3 Å². The molecule has 0 atom stereocenters. The summed E-state index contributed by atoms with van der Waals surface area (Å²) in [6, 6.07) is 4.54. The third kappa shape index (κ3) is 4.43. The number of rotatable bonds is 6. The minimum absolute atomic E-state index is 0.0125. The fourth-order valence-electron chi connectivity index (χ4n) is 1.62. The molecular formula is C13H14N6O5. The second-order valence-corrected chi connectivity index (χ2v) is 4.43. The molecule has 126 valence electrons. The van der Waals surface area contributed by atoms with Gasteiger partial charge >= 0.3 is 5.69 Å². The molecule has 2 aromatic rings. The van der Waals surface area contributed by atoms with Gasteiger partial charge in [-0.2, -0.15) is 5.10 Å². The summed E-state index contributed by atoms with van der Waals surface area (Å²) >= 11 is 0. The number of benzene rings is 1. The highest BCUT2D eigenvalue weighted by Gasteiger charge is 2.05. The molecule has 1 amide bonds. The van der Waals surface area contributed by atoms with Gasteiger partial charge < -0.3 is 15.2 Å². The molecule has 0 saturated carbocycles. The van der Waals surface area contributed by atoms with Crippen LogP contribution in [0, 0.1) is 0 Å². The normalized spacial score (nSPS) is 10.5. The molecule has 0 saturated heterocycles. The van der Waals surface area contributed by atoms with Crippen LogP contribution in [0.1, 0.15) is 5.56 Å². The van der Waals surface area contributed by atoms with Crippen LogP contribution < -0.4 is 26.7 Å². The first-order valence-corrected chi connectivity index (χ1v) is 6.61. The third-order valence-corrected chi connectivity index (χ3v) is 2.73. The molecule has 24 heavy (non-hydrogen) atoms. The average Bonchev–Trinajstić information content (AvgIpc) is 2.55. The Bertz CT molecular complexity index is 872. The largest absolute Gasteiger partial charge is 0.504 e. The number of carbonyl (C=O) groups excluding carboxylic acids is 1. The van der Waals surface area contributed by atoms with Crippen LogP contribution in [-0.4, -0.2) is 46.1 Å². The molecule has 2 rings (SSSR count). The number of anilines is 1. The molecule has 0 bridgehead atoms. The third-order valence-electron chi connectivity index (χ3n) is 2.73. The van der Waals surface area contributed by atoms with E-state index in [1.54, 1.807) is 6.07 Å². The highest BCUT2D eigenvalue weighted by Crippen LogP contribution is 2.25. The molecular weight excluding hydrogens is 320 g/mol. The summed E-state index contributed by atoms with van der Waals surface area (Å²) < 4.78 is 4.95. The number of phenolic OH excluding ortho intramolecular Hbond substituents is 1. The molecule has 0 unspecified atom stereocenters. The Balaban J connectivity index is 1.88.